The number of allylic oxidation sites excluding steroid dienone is 1. The SMILES string of the molecule is C=CCCCC(=O)c1cc(OC)ncn1. The van der Waals surface area contributed by atoms with Crippen LogP contribution in [0.1, 0.15) is 29.8 Å². The second-order valence-corrected chi connectivity index (χ2v) is 3.05. The minimum Gasteiger partial charge on any atom is -0.481 e. The highest BCUT2D eigenvalue weighted by molar-refractivity contribution is 5.94. The monoisotopic (exact) mass is 206 g/mol. The van der Waals surface area contributed by atoms with Crippen molar-refractivity contribution in [2.75, 3.05) is 7.11 Å². The zero-order valence-corrected chi connectivity index (χ0v) is 8.77. The molecular formula is C11H14N2O2. The van der Waals surface area contributed by atoms with Crippen LogP contribution in [0.15, 0.2) is 25.0 Å². The van der Waals surface area contributed by atoms with Crippen LogP contribution >= 0.6 is 0 Å². The molecule has 0 aliphatic carbocycles. The zero-order valence-electron chi connectivity index (χ0n) is 8.77. The van der Waals surface area contributed by atoms with Gasteiger partial charge in [0.15, 0.2) is 5.78 Å². The molecular weight excluding hydrogens is 192 g/mol. The van der Waals surface area contributed by atoms with Gasteiger partial charge in [0.2, 0.25) is 5.88 Å². The molecule has 1 rings (SSSR count). The van der Waals surface area contributed by atoms with Crippen molar-refractivity contribution >= 4 is 5.78 Å². The highest BCUT2D eigenvalue weighted by atomic mass is 16.5. The van der Waals surface area contributed by atoms with Gasteiger partial charge >= 0.3 is 0 Å². The topological polar surface area (TPSA) is 52.1 Å². The molecule has 0 aliphatic rings. The van der Waals surface area contributed by atoms with Crippen LogP contribution in [0.3, 0.4) is 0 Å². The molecule has 0 saturated heterocycles. The molecule has 0 amide bonds. The first-order valence-corrected chi connectivity index (χ1v) is 4.78. The molecule has 0 atom stereocenters. The minimum absolute atomic E-state index is 0.0116. The third-order valence-corrected chi connectivity index (χ3v) is 1.95. The number of aromatic nitrogens is 2. The van der Waals surface area contributed by atoms with Gasteiger partial charge in [-0.15, -0.1) is 6.58 Å². The molecule has 0 spiro atoms. The molecule has 80 valence electrons. The van der Waals surface area contributed by atoms with E-state index >= 15 is 0 Å². The van der Waals surface area contributed by atoms with Crippen molar-refractivity contribution in [1.82, 2.24) is 9.97 Å². The summed E-state index contributed by atoms with van der Waals surface area (Å²) in [5.41, 5.74) is 0.408. The Morgan fingerprint density at radius 3 is 3.07 bits per heavy atom. The number of nitrogens with zero attached hydrogens (tertiary/aromatic N) is 2. The molecule has 0 aliphatic heterocycles. The van der Waals surface area contributed by atoms with Gasteiger partial charge < -0.3 is 4.74 Å². The van der Waals surface area contributed by atoms with Crippen molar-refractivity contribution in [3.05, 3.63) is 30.7 Å². The van der Waals surface area contributed by atoms with Crippen LogP contribution in [-0.4, -0.2) is 22.9 Å². The number of hydrogen-bond acceptors (Lipinski definition) is 4. The molecule has 0 N–H and O–H groups in total. The summed E-state index contributed by atoms with van der Waals surface area (Å²) in [4.78, 5) is 19.3. The summed E-state index contributed by atoms with van der Waals surface area (Å²) in [5, 5.41) is 0. The van der Waals surface area contributed by atoms with Crippen molar-refractivity contribution in [3.63, 3.8) is 0 Å². The van der Waals surface area contributed by atoms with Crippen molar-refractivity contribution < 1.29 is 9.53 Å². The third kappa shape index (κ3) is 3.50. The maximum atomic E-state index is 11.6. The lowest BCUT2D eigenvalue weighted by Crippen LogP contribution is -2.03. The molecule has 0 fully saturated rings. The average molecular weight is 206 g/mol. The van der Waals surface area contributed by atoms with Gasteiger partial charge in [0.1, 0.15) is 12.0 Å². The Morgan fingerprint density at radius 1 is 1.60 bits per heavy atom. The quantitative estimate of drug-likeness (QED) is 0.406. The first kappa shape index (κ1) is 11.4. The van der Waals surface area contributed by atoms with E-state index in [1.165, 1.54) is 13.4 Å². The molecule has 4 heteroatoms. The van der Waals surface area contributed by atoms with Gasteiger partial charge in [-0.25, -0.2) is 9.97 Å². The van der Waals surface area contributed by atoms with E-state index in [1.807, 2.05) is 0 Å². The van der Waals surface area contributed by atoms with Crippen LogP contribution < -0.4 is 4.74 Å². The van der Waals surface area contributed by atoms with Crippen molar-refractivity contribution in [3.8, 4) is 5.88 Å². The van der Waals surface area contributed by atoms with Crippen LogP contribution in [0.2, 0.25) is 0 Å². The zero-order chi connectivity index (χ0) is 11.1. The molecule has 0 saturated carbocycles. The number of carbonyl (C=O) groups excluding carboxylic acids is 1. The Bertz CT molecular complexity index is 350. The summed E-state index contributed by atoms with van der Waals surface area (Å²) in [6.45, 7) is 3.60. The van der Waals surface area contributed by atoms with Gasteiger partial charge in [-0.2, -0.15) is 0 Å². The predicted octanol–water partition coefficient (Wildman–Crippen LogP) is 2.02. The number of hydrogen-bond donors (Lipinski definition) is 0. The van der Waals surface area contributed by atoms with E-state index < -0.39 is 0 Å². The lowest BCUT2D eigenvalue weighted by atomic mass is 10.1. The number of Topliss-reactive ketones (excluding diaryl/α,β-unsaturated/α-hetero) is 1. The molecule has 1 aromatic heterocycles. The Hall–Kier alpha value is -1.71. The van der Waals surface area contributed by atoms with E-state index in [-0.39, 0.29) is 5.78 Å². The molecule has 0 aromatic carbocycles. The normalized spacial score (nSPS) is 9.67. The predicted molar refractivity (Wildman–Crippen MR) is 57.0 cm³/mol. The van der Waals surface area contributed by atoms with E-state index in [2.05, 4.69) is 16.5 Å². The smallest absolute Gasteiger partial charge is 0.216 e. The summed E-state index contributed by atoms with van der Waals surface area (Å²) >= 11 is 0. The number of methoxy groups -OCH3 is 1. The number of rotatable bonds is 6. The summed E-state index contributed by atoms with van der Waals surface area (Å²) in [6, 6.07) is 1.55. The highest BCUT2D eigenvalue weighted by Crippen LogP contribution is 2.09. The Morgan fingerprint density at radius 2 is 2.40 bits per heavy atom. The van der Waals surface area contributed by atoms with Gasteiger partial charge in [0.05, 0.1) is 7.11 Å². The largest absolute Gasteiger partial charge is 0.481 e. The number of ketones is 1. The first-order valence-electron chi connectivity index (χ1n) is 4.78. The third-order valence-electron chi connectivity index (χ3n) is 1.95. The van der Waals surface area contributed by atoms with Gasteiger partial charge in [-0.1, -0.05) is 6.08 Å². The molecule has 0 radical (unpaired) electrons. The highest BCUT2D eigenvalue weighted by Gasteiger charge is 2.08. The Balaban J connectivity index is 2.60. The van der Waals surface area contributed by atoms with Gasteiger partial charge in [0.25, 0.3) is 0 Å². The second-order valence-electron chi connectivity index (χ2n) is 3.05. The van der Waals surface area contributed by atoms with Crippen LogP contribution in [-0.2, 0) is 0 Å². The molecule has 0 bridgehead atoms. The summed E-state index contributed by atoms with van der Waals surface area (Å²) in [7, 11) is 1.51. The average Bonchev–Trinajstić information content (AvgIpc) is 2.29. The molecule has 0 unspecified atom stereocenters. The fourth-order valence-corrected chi connectivity index (χ4v) is 1.14. The van der Waals surface area contributed by atoms with E-state index in [1.54, 1.807) is 12.1 Å². The fourth-order valence-electron chi connectivity index (χ4n) is 1.14. The molecule has 4 nitrogen and oxygen atoms in total. The van der Waals surface area contributed by atoms with Gasteiger partial charge in [-0.05, 0) is 12.8 Å². The second kappa shape index (κ2) is 5.90. The lowest BCUT2D eigenvalue weighted by Gasteiger charge is -2.01. The summed E-state index contributed by atoms with van der Waals surface area (Å²) in [6.07, 6.45) is 5.25. The summed E-state index contributed by atoms with van der Waals surface area (Å²) < 4.78 is 4.91. The van der Waals surface area contributed by atoms with Crippen LogP contribution in [0.25, 0.3) is 0 Å². The number of carbonyl (C=O) groups is 1. The maximum absolute atomic E-state index is 11.6. The van der Waals surface area contributed by atoms with Gasteiger partial charge in [-0.3, -0.25) is 4.79 Å². The van der Waals surface area contributed by atoms with E-state index in [0.29, 0.717) is 18.0 Å². The van der Waals surface area contributed by atoms with Crippen molar-refractivity contribution in [2.45, 2.75) is 19.3 Å². The molecule has 1 aromatic rings. The molecule has 1 heterocycles. The van der Waals surface area contributed by atoms with Crippen LogP contribution in [0, 0.1) is 0 Å². The number of unbranched alkanes of at least 4 members (excludes halogenated alkanes) is 1. The number of ether oxygens (including phenoxy) is 1. The minimum atomic E-state index is 0.0116. The Kier molecular flexibility index (Phi) is 4.47. The van der Waals surface area contributed by atoms with Crippen LogP contribution in [0.5, 0.6) is 5.88 Å². The van der Waals surface area contributed by atoms with E-state index in [4.69, 9.17) is 4.74 Å². The van der Waals surface area contributed by atoms with Crippen molar-refractivity contribution in [1.29, 1.82) is 0 Å². The molecule has 15 heavy (non-hydrogen) atoms. The van der Waals surface area contributed by atoms with Crippen molar-refractivity contribution in [2.24, 2.45) is 0 Å². The summed E-state index contributed by atoms with van der Waals surface area (Å²) in [5.74, 6) is 0.426. The van der Waals surface area contributed by atoms with E-state index in [9.17, 15) is 4.79 Å². The van der Waals surface area contributed by atoms with Gasteiger partial charge in [0, 0.05) is 12.5 Å². The fraction of sp³-hybridized carbons (Fsp3) is 0.364. The standard InChI is InChI=1S/C11H14N2O2/c1-3-4-5-6-10(14)9-7-11(15-2)13-8-12-9/h3,7-8H,1,4-6H2,2H3. The first-order chi connectivity index (χ1) is 7.27. The Labute approximate surface area is 89.0 Å². The maximum Gasteiger partial charge on any atom is 0.216 e. The van der Waals surface area contributed by atoms with Crippen LogP contribution in [0.4, 0.5) is 0 Å². The van der Waals surface area contributed by atoms with E-state index in [0.717, 1.165) is 12.8 Å². The lowest BCUT2D eigenvalue weighted by molar-refractivity contribution is 0.0975.